The van der Waals surface area contributed by atoms with E-state index in [1.807, 2.05) is 19.1 Å². The van der Waals surface area contributed by atoms with Crippen LogP contribution in [0.5, 0.6) is 0 Å². The highest BCUT2D eigenvalue weighted by atomic mass is 32.2. The van der Waals surface area contributed by atoms with Crippen LogP contribution in [0.3, 0.4) is 0 Å². The molecule has 0 bridgehead atoms. The number of aryl methyl sites for hydroxylation is 1. The summed E-state index contributed by atoms with van der Waals surface area (Å²) in [7, 11) is -3.75. The number of fused-ring (bicyclic) bond motifs is 1. The van der Waals surface area contributed by atoms with Gasteiger partial charge in [0.1, 0.15) is 21.7 Å². The van der Waals surface area contributed by atoms with Crippen molar-refractivity contribution in [1.82, 2.24) is 18.4 Å². The SMILES string of the molecule is C[C@@H](CCc1ccco1)NC(=O)[C@@H]1CCCN(S(=O)(=O)c2cccc3nsnc23)C1. The van der Waals surface area contributed by atoms with Gasteiger partial charge in [0, 0.05) is 25.6 Å². The second-order valence-corrected chi connectivity index (χ2v) is 10.1. The highest BCUT2D eigenvalue weighted by molar-refractivity contribution is 7.89. The molecule has 1 aliphatic rings. The molecule has 30 heavy (non-hydrogen) atoms. The molecule has 0 unspecified atom stereocenters. The van der Waals surface area contributed by atoms with E-state index in [1.54, 1.807) is 24.5 Å². The number of furan rings is 1. The number of nitrogens with zero attached hydrogens (tertiary/aromatic N) is 3. The molecule has 0 saturated carbocycles. The first-order chi connectivity index (χ1) is 14.4. The lowest BCUT2D eigenvalue weighted by Gasteiger charge is -2.31. The highest BCUT2D eigenvalue weighted by Gasteiger charge is 2.34. The van der Waals surface area contributed by atoms with Crippen LogP contribution in [0.25, 0.3) is 11.0 Å². The third kappa shape index (κ3) is 4.40. The average molecular weight is 449 g/mol. The first kappa shape index (κ1) is 21.0. The molecule has 0 aliphatic carbocycles. The number of rotatable bonds is 7. The van der Waals surface area contributed by atoms with E-state index in [9.17, 15) is 13.2 Å². The van der Waals surface area contributed by atoms with Crippen LogP contribution >= 0.6 is 11.7 Å². The number of amides is 1. The third-order valence-corrected chi connectivity index (χ3v) is 7.85. The van der Waals surface area contributed by atoms with Gasteiger partial charge in [-0.3, -0.25) is 4.79 Å². The standard InChI is InChI=1S/C20H24N4O4S2/c1-14(9-10-16-6-4-12-28-16)21-20(25)15-5-3-11-24(13-15)30(26,27)18-8-2-7-17-19(18)23-29-22-17/h2,4,6-8,12,14-15H,3,5,9-11,13H2,1H3,(H,21,25)/t14-,15+/m0/s1. The fourth-order valence-corrected chi connectivity index (χ4v) is 6.03. The Balaban J connectivity index is 1.41. The van der Waals surface area contributed by atoms with Gasteiger partial charge in [-0.05, 0) is 50.5 Å². The first-order valence-electron chi connectivity index (χ1n) is 9.99. The Morgan fingerprint density at radius 3 is 3.00 bits per heavy atom. The van der Waals surface area contributed by atoms with Crippen LogP contribution in [-0.2, 0) is 21.2 Å². The molecule has 0 spiro atoms. The molecular formula is C20H24N4O4S2. The zero-order chi connectivity index (χ0) is 21.1. The minimum atomic E-state index is -3.75. The molecule has 2 atom stereocenters. The number of sulfonamides is 1. The predicted octanol–water partition coefficient (Wildman–Crippen LogP) is 2.82. The maximum Gasteiger partial charge on any atom is 0.245 e. The molecule has 4 rings (SSSR count). The summed E-state index contributed by atoms with van der Waals surface area (Å²) in [6, 6.07) is 8.71. The van der Waals surface area contributed by atoms with E-state index in [4.69, 9.17) is 4.42 Å². The van der Waals surface area contributed by atoms with Gasteiger partial charge in [-0.2, -0.15) is 13.1 Å². The molecule has 3 aromatic rings. The summed E-state index contributed by atoms with van der Waals surface area (Å²) in [5.41, 5.74) is 0.957. The quantitative estimate of drug-likeness (QED) is 0.596. The van der Waals surface area contributed by atoms with Gasteiger partial charge < -0.3 is 9.73 Å². The monoisotopic (exact) mass is 448 g/mol. The molecule has 0 radical (unpaired) electrons. The number of aromatic nitrogens is 2. The molecule has 2 aromatic heterocycles. The lowest BCUT2D eigenvalue weighted by molar-refractivity contribution is -0.126. The Morgan fingerprint density at radius 1 is 1.33 bits per heavy atom. The molecule has 1 aromatic carbocycles. The molecular weight excluding hydrogens is 424 g/mol. The number of hydrogen-bond donors (Lipinski definition) is 1. The number of carbonyl (C=O) groups is 1. The Kier molecular flexibility index (Phi) is 6.16. The fraction of sp³-hybridized carbons (Fsp3) is 0.450. The molecule has 1 amide bonds. The lowest BCUT2D eigenvalue weighted by atomic mass is 9.98. The van der Waals surface area contributed by atoms with E-state index in [2.05, 4.69) is 14.1 Å². The Labute approximate surface area is 179 Å². The van der Waals surface area contributed by atoms with Crippen LogP contribution in [0.15, 0.2) is 45.9 Å². The first-order valence-corrected chi connectivity index (χ1v) is 12.2. The summed E-state index contributed by atoms with van der Waals surface area (Å²) in [5, 5.41) is 3.03. The summed E-state index contributed by atoms with van der Waals surface area (Å²) in [5.74, 6) is 0.416. The third-order valence-electron chi connectivity index (χ3n) is 5.41. The summed E-state index contributed by atoms with van der Waals surface area (Å²) in [4.78, 5) is 12.9. The number of piperidine rings is 1. The van der Waals surface area contributed by atoms with Gasteiger partial charge in [0.15, 0.2) is 0 Å². The van der Waals surface area contributed by atoms with Crippen molar-refractivity contribution >= 4 is 38.7 Å². The van der Waals surface area contributed by atoms with E-state index in [0.29, 0.717) is 30.4 Å². The van der Waals surface area contributed by atoms with Crippen molar-refractivity contribution in [3.05, 3.63) is 42.4 Å². The minimum absolute atomic E-state index is 0.0237. The van der Waals surface area contributed by atoms with Gasteiger partial charge >= 0.3 is 0 Å². The van der Waals surface area contributed by atoms with Gasteiger partial charge in [0.2, 0.25) is 15.9 Å². The van der Waals surface area contributed by atoms with Crippen LogP contribution in [0.1, 0.15) is 31.9 Å². The fourth-order valence-electron chi connectivity index (χ4n) is 3.75. The number of nitrogens with one attached hydrogen (secondary N) is 1. The number of carbonyl (C=O) groups excluding carboxylic acids is 1. The normalized spacial score (nSPS) is 19.0. The minimum Gasteiger partial charge on any atom is -0.469 e. The molecule has 1 N–H and O–H groups in total. The van der Waals surface area contributed by atoms with Crippen molar-refractivity contribution in [1.29, 1.82) is 0 Å². The van der Waals surface area contributed by atoms with E-state index < -0.39 is 10.0 Å². The second-order valence-electron chi connectivity index (χ2n) is 7.62. The molecule has 1 fully saturated rings. The van der Waals surface area contributed by atoms with Gasteiger partial charge in [0.25, 0.3) is 0 Å². The van der Waals surface area contributed by atoms with E-state index in [1.165, 1.54) is 4.31 Å². The van der Waals surface area contributed by atoms with Gasteiger partial charge in [-0.15, -0.1) is 0 Å². The molecule has 8 nitrogen and oxygen atoms in total. The summed E-state index contributed by atoms with van der Waals surface area (Å²) in [6.07, 6.45) is 4.45. The van der Waals surface area contributed by atoms with Crippen LogP contribution in [0.4, 0.5) is 0 Å². The smallest absolute Gasteiger partial charge is 0.245 e. The van der Waals surface area contributed by atoms with Crippen LogP contribution < -0.4 is 5.32 Å². The summed E-state index contributed by atoms with van der Waals surface area (Å²) in [6.45, 7) is 2.52. The van der Waals surface area contributed by atoms with Crippen molar-refractivity contribution in [3.8, 4) is 0 Å². The van der Waals surface area contributed by atoms with Crippen molar-refractivity contribution in [2.45, 2.75) is 43.5 Å². The van der Waals surface area contributed by atoms with Crippen molar-refractivity contribution in [3.63, 3.8) is 0 Å². The van der Waals surface area contributed by atoms with Crippen LogP contribution in [0, 0.1) is 5.92 Å². The Morgan fingerprint density at radius 2 is 2.20 bits per heavy atom. The molecule has 1 saturated heterocycles. The molecule has 160 valence electrons. The maximum atomic E-state index is 13.2. The van der Waals surface area contributed by atoms with E-state index in [-0.39, 0.29) is 29.3 Å². The molecule has 1 aliphatic heterocycles. The van der Waals surface area contributed by atoms with Crippen molar-refractivity contribution < 1.29 is 17.6 Å². The average Bonchev–Trinajstić information content (AvgIpc) is 3.43. The predicted molar refractivity (Wildman–Crippen MR) is 114 cm³/mol. The number of benzene rings is 1. The zero-order valence-corrected chi connectivity index (χ0v) is 18.3. The number of hydrogen-bond acceptors (Lipinski definition) is 7. The molecule has 10 heteroatoms. The van der Waals surface area contributed by atoms with Gasteiger partial charge in [-0.1, -0.05) is 6.07 Å². The summed E-state index contributed by atoms with van der Waals surface area (Å²) < 4.78 is 41.5. The zero-order valence-electron chi connectivity index (χ0n) is 16.7. The summed E-state index contributed by atoms with van der Waals surface area (Å²) >= 11 is 0.992. The van der Waals surface area contributed by atoms with Crippen molar-refractivity contribution in [2.75, 3.05) is 13.1 Å². The molecule has 3 heterocycles. The van der Waals surface area contributed by atoms with E-state index >= 15 is 0 Å². The second kappa shape index (κ2) is 8.83. The van der Waals surface area contributed by atoms with Crippen molar-refractivity contribution in [2.24, 2.45) is 5.92 Å². The van der Waals surface area contributed by atoms with Gasteiger partial charge in [0.05, 0.1) is 23.9 Å². The largest absolute Gasteiger partial charge is 0.469 e. The maximum absolute atomic E-state index is 13.2. The van der Waals surface area contributed by atoms with Crippen LogP contribution in [0.2, 0.25) is 0 Å². The lowest BCUT2D eigenvalue weighted by Crippen LogP contribution is -2.47. The topological polar surface area (TPSA) is 105 Å². The Bertz CT molecular complexity index is 1110. The highest BCUT2D eigenvalue weighted by Crippen LogP contribution is 2.28. The Hall–Kier alpha value is -2.30. The van der Waals surface area contributed by atoms with Gasteiger partial charge in [-0.25, -0.2) is 8.42 Å². The van der Waals surface area contributed by atoms with Crippen LogP contribution in [-0.4, -0.2) is 46.5 Å². The van der Waals surface area contributed by atoms with E-state index in [0.717, 1.165) is 30.3 Å².